The van der Waals surface area contributed by atoms with E-state index in [9.17, 15) is 12.3 Å². The maximum absolute atomic E-state index is 12.9. The molecule has 17 heavy (non-hydrogen) atoms. The predicted octanol–water partition coefficient (Wildman–Crippen LogP) is 2.49. The van der Waals surface area contributed by atoms with Crippen LogP contribution in [0.5, 0.6) is 0 Å². The van der Waals surface area contributed by atoms with Gasteiger partial charge in [-0.2, -0.15) is 13.5 Å². The molecule has 7 heteroatoms. The highest BCUT2D eigenvalue weighted by atomic mass is 35.5. The summed E-state index contributed by atoms with van der Waals surface area (Å²) in [7, 11) is -4.74. The minimum absolute atomic E-state index is 0.217. The van der Waals surface area contributed by atoms with Crippen LogP contribution in [-0.4, -0.2) is 18.2 Å². The van der Waals surface area contributed by atoms with Gasteiger partial charge in [0.25, 0.3) is 0 Å². The van der Waals surface area contributed by atoms with Gasteiger partial charge < -0.3 is 0 Å². The molecule has 0 atom stereocenters. The van der Waals surface area contributed by atoms with E-state index < -0.39 is 15.1 Å². The molecule has 0 aliphatic rings. The van der Waals surface area contributed by atoms with Gasteiger partial charge in [-0.15, -0.1) is 3.89 Å². The van der Waals surface area contributed by atoms with Crippen LogP contribution >= 0.6 is 11.6 Å². The molecule has 0 unspecified atom stereocenters. The third kappa shape index (κ3) is 2.32. The zero-order valence-corrected chi connectivity index (χ0v) is 10.3. The van der Waals surface area contributed by atoms with Crippen molar-refractivity contribution in [3.8, 4) is 5.69 Å². The molecule has 0 aliphatic carbocycles. The molecule has 90 valence electrons. The SMILES string of the molecule is Cc1c(S(=O)(=O)F)cnn1-c1ccc(Cl)cc1. The summed E-state index contributed by atoms with van der Waals surface area (Å²) in [5.74, 6) is 0. The summed E-state index contributed by atoms with van der Waals surface area (Å²) in [4.78, 5) is -0.424. The van der Waals surface area contributed by atoms with Crippen molar-refractivity contribution >= 4 is 21.8 Å². The number of rotatable bonds is 2. The molecule has 0 fully saturated rings. The fourth-order valence-electron chi connectivity index (χ4n) is 1.48. The average molecular weight is 275 g/mol. The molecule has 1 aromatic heterocycles. The first-order valence-corrected chi connectivity index (χ1v) is 6.41. The van der Waals surface area contributed by atoms with E-state index in [1.165, 1.54) is 11.6 Å². The Balaban J connectivity index is 2.55. The average Bonchev–Trinajstić information content (AvgIpc) is 2.61. The zero-order valence-electron chi connectivity index (χ0n) is 8.76. The Kier molecular flexibility index (Phi) is 2.92. The van der Waals surface area contributed by atoms with E-state index in [0.29, 0.717) is 10.7 Å². The molecule has 0 radical (unpaired) electrons. The normalized spacial score (nSPS) is 11.7. The number of nitrogens with zero attached hydrogens (tertiary/aromatic N) is 2. The standard InChI is InChI=1S/C10H8ClFN2O2S/c1-7-10(17(12,15)16)6-13-14(7)9-4-2-8(11)3-5-9/h2-6H,1H3. The van der Waals surface area contributed by atoms with E-state index in [-0.39, 0.29) is 5.69 Å². The lowest BCUT2D eigenvalue weighted by Crippen LogP contribution is -2.00. The summed E-state index contributed by atoms with van der Waals surface area (Å²) in [6.45, 7) is 1.48. The topological polar surface area (TPSA) is 52.0 Å². The second kappa shape index (κ2) is 4.12. The van der Waals surface area contributed by atoms with Crippen LogP contribution in [0.4, 0.5) is 3.89 Å². The molecular weight excluding hydrogens is 267 g/mol. The Morgan fingerprint density at radius 3 is 2.35 bits per heavy atom. The molecule has 0 saturated carbocycles. The van der Waals surface area contributed by atoms with E-state index in [1.807, 2.05) is 0 Å². The molecule has 1 heterocycles. The van der Waals surface area contributed by atoms with Crippen molar-refractivity contribution in [2.75, 3.05) is 0 Å². The molecule has 2 rings (SSSR count). The lowest BCUT2D eigenvalue weighted by atomic mass is 10.3. The van der Waals surface area contributed by atoms with Crippen molar-refractivity contribution in [1.82, 2.24) is 9.78 Å². The van der Waals surface area contributed by atoms with Gasteiger partial charge in [0, 0.05) is 5.02 Å². The van der Waals surface area contributed by atoms with Gasteiger partial charge in [-0.3, -0.25) is 0 Å². The molecule has 4 nitrogen and oxygen atoms in total. The van der Waals surface area contributed by atoms with Crippen molar-refractivity contribution < 1.29 is 12.3 Å². The fourth-order valence-corrected chi connectivity index (χ4v) is 2.21. The van der Waals surface area contributed by atoms with E-state index in [1.54, 1.807) is 24.3 Å². The first-order valence-electron chi connectivity index (χ1n) is 4.65. The molecule has 2 aromatic rings. The Bertz CT molecular complexity index is 649. The van der Waals surface area contributed by atoms with Crippen molar-refractivity contribution in [2.45, 2.75) is 11.8 Å². The molecule has 0 bridgehead atoms. The quantitative estimate of drug-likeness (QED) is 0.791. The van der Waals surface area contributed by atoms with Crippen LogP contribution in [0.15, 0.2) is 35.4 Å². The Labute approximate surface area is 103 Å². The molecule has 0 N–H and O–H groups in total. The van der Waals surface area contributed by atoms with Gasteiger partial charge in [0.05, 0.1) is 17.6 Å². The summed E-state index contributed by atoms with van der Waals surface area (Å²) < 4.78 is 35.8. The predicted molar refractivity (Wildman–Crippen MR) is 61.6 cm³/mol. The first-order chi connectivity index (χ1) is 7.89. The number of halogens is 2. The van der Waals surface area contributed by atoms with Crippen molar-refractivity contribution in [2.24, 2.45) is 0 Å². The third-order valence-corrected chi connectivity index (χ3v) is 3.48. The van der Waals surface area contributed by atoms with E-state index in [0.717, 1.165) is 6.20 Å². The third-order valence-electron chi connectivity index (χ3n) is 2.30. The van der Waals surface area contributed by atoms with Crippen molar-refractivity contribution in [3.05, 3.63) is 41.2 Å². The maximum atomic E-state index is 12.9. The van der Waals surface area contributed by atoms with Gasteiger partial charge in [0.1, 0.15) is 4.90 Å². The second-order valence-corrected chi connectivity index (χ2v) is 5.17. The van der Waals surface area contributed by atoms with Crippen LogP contribution in [0.3, 0.4) is 0 Å². The molecule has 0 saturated heterocycles. The lowest BCUT2D eigenvalue weighted by molar-refractivity contribution is 0.551. The fraction of sp³-hybridized carbons (Fsp3) is 0.100. The monoisotopic (exact) mass is 274 g/mol. The molecule has 0 spiro atoms. The van der Waals surface area contributed by atoms with Gasteiger partial charge >= 0.3 is 10.2 Å². The first kappa shape index (κ1) is 12.1. The van der Waals surface area contributed by atoms with E-state index >= 15 is 0 Å². The van der Waals surface area contributed by atoms with Crippen LogP contribution in [0.1, 0.15) is 5.69 Å². The van der Waals surface area contributed by atoms with Crippen LogP contribution in [-0.2, 0) is 10.2 Å². The van der Waals surface area contributed by atoms with E-state index in [2.05, 4.69) is 5.10 Å². The van der Waals surface area contributed by atoms with Crippen LogP contribution in [0.2, 0.25) is 5.02 Å². The van der Waals surface area contributed by atoms with Gasteiger partial charge in [-0.25, -0.2) is 4.68 Å². The number of hydrogen-bond acceptors (Lipinski definition) is 3. The van der Waals surface area contributed by atoms with E-state index in [4.69, 9.17) is 11.6 Å². The summed E-state index contributed by atoms with van der Waals surface area (Å²) >= 11 is 5.73. The zero-order chi connectivity index (χ0) is 12.6. The number of hydrogen-bond donors (Lipinski definition) is 0. The molecular formula is C10H8ClFN2O2S. The Morgan fingerprint density at radius 1 is 1.29 bits per heavy atom. The Morgan fingerprint density at radius 2 is 1.88 bits per heavy atom. The highest BCUT2D eigenvalue weighted by Crippen LogP contribution is 2.21. The lowest BCUT2D eigenvalue weighted by Gasteiger charge is -2.04. The summed E-state index contributed by atoms with van der Waals surface area (Å²) in [5.41, 5.74) is 0.830. The van der Waals surface area contributed by atoms with Gasteiger partial charge in [-0.1, -0.05) is 11.6 Å². The van der Waals surface area contributed by atoms with Crippen LogP contribution in [0, 0.1) is 6.92 Å². The van der Waals surface area contributed by atoms with Gasteiger partial charge in [0.15, 0.2) is 0 Å². The molecule has 0 aliphatic heterocycles. The number of benzene rings is 1. The Hall–Kier alpha value is -1.40. The smallest absolute Gasteiger partial charge is 0.237 e. The largest absolute Gasteiger partial charge is 0.335 e. The summed E-state index contributed by atoms with van der Waals surface area (Å²) in [5, 5.41) is 4.39. The van der Waals surface area contributed by atoms with Gasteiger partial charge in [0.2, 0.25) is 0 Å². The van der Waals surface area contributed by atoms with Crippen LogP contribution < -0.4 is 0 Å². The summed E-state index contributed by atoms with van der Waals surface area (Å²) in [6.07, 6.45) is 0.985. The summed E-state index contributed by atoms with van der Waals surface area (Å²) in [6, 6.07) is 6.61. The van der Waals surface area contributed by atoms with Crippen molar-refractivity contribution in [1.29, 1.82) is 0 Å². The highest BCUT2D eigenvalue weighted by molar-refractivity contribution is 7.86. The highest BCUT2D eigenvalue weighted by Gasteiger charge is 2.20. The second-order valence-electron chi connectivity index (χ2n) is 3.42. The van der Waals surface area contributed by atoms with Crippen molar-refractivity contribution in [3.63, 3.8) is 0 Å². The van der Waals surface area contributed by atoms with Gasteiger partial charge in [-0.05, 0) is 31.2 Å². The molecule has 1 aromatic carbocycles. The van der Waals surface area contributed by atoms with Crippen LogP contribution in [0.25, 0.3) is 5.69 Å². The molecule has 0 amide bonds. The number of aromatic nitrogens is 2. The minimum atomic E-state index is -4.74. The minimum Gasteiger partial charge on any atom is -0.237 e. The maximum Gasteiger partial charge on any atom is 0.335 e.